The molecular weight excluding hydrogens is 164 g/mol. The van der Waals surface area contributed by atoms with Crippen LogP contribution in [0.4, 0.5) is 0 Å². The van der Waals surface area contributed by atoms with Crippen LogP contribution in [0, 0.1) is 11.3 Å². The van der Waals surface area contributed by atoms with Crippen LogP contribution >= 0.6 is 0 Å². The second-order valence-corrected chi connectivity index (χ2v) is 5.07. The molecule has 3 nitrogen and oxygen atoms in total. The zero-order valence-electron chi connectivity index (χ0n) is 8.81. The molecule has 1 unspecified atom stereocenters. The number of hydrogen-bond donors (Lipinski definition) is 2. The lowest BCUT2D eigenvalue weighted by atomic mass is 9.96. The van der Waals surface area contributed by atoms with Gasteiger partial charge in [-0.25, -0.2) is 0 Å². The highest BCUT2D eigenvalue weighted by atomic mass is 16.1. The molecule has 3 heteroatoms. The Morgan fingerprint density at radius 2 is 2.23 bits per heavy atom. The van der Waals surface area contributed by atoms with Crippen molar-refractivity contribution >= 4 is 5.91 Å². The summed E-state index contributed by atoms with van der Waals surface area (Å²) in [6.07, 6.45) is 0.692. The highest BCUT2D eigenvalue weighted by Crippen LogP contribution is 2.12. The Bertz CT molecular complexity index is 184. The fourth-order valence-corrected chi connectivity index (χ4v) is 1.46. The van der Waals surface area contributed by atoms with Crippen LogP contribution in [0.5, 0.6) is 0 Å². The maximum Gasteiger partial charge on any atom is 0.220 e. The van der Waals surface area contributed by atoms with Gasteiger partial charge in [-0.05, 0) is 11.3 Å². The molecule has 0 saturated carbocycles. The lowest BCUT2D eigenvalue weighted by Gasteiger charge is -2.20. The molecule has 0 aromatic carbocycles. The highest BCUT2D eigenvalue weighted by molar-refractivity contribution is 5.78. The van der Waals surface area contributed by atoms with E-state index in [0.29, 0.717) is 17.8 Å². The van der Waals surface area contributed by atoms with Crippen molar-refractivity contribution in [2.75, 3.05) is 19.6 Å². The Labute approximate surface area is 80.3 Å². The lowest BCUT2D eigenvalue weighted by molar-refractivity contribution is -0.119. The molecule has 1 atom stereocenters. The quantitative estimate of drug-likeness (QED) is 0.680. The van der Waals surface area contributed by atoms with E-state index in [4.69, 9.17) is 0 Å². The molecule has 1 saturated heterocycles. The molecule has 13 heavy (non-hydrogen) atoms. The van der Waals surface area contributed by atoms with E-state index >= 15 is 0 Å². The fourth-order valence-electron chi connectivity index (χ4n) is 1.46. The SMILES string of the molecule is CC(C)(C)CNCC1CNC(=O)C1. The van der Waals surface area contributed by atoms with Crippen LogP contribution in [0.2, 0.25) is 0 Å². The van der Waals surface area contributed by atoms with Gasteiger partial charge in [0.05, 0.1) is 0 Å². The fraction of sp³-hybridized carbons (Fsp3) is 0.900. The van der Waals surface area contributed by atoms with Gasteiger partial charge in [-0.3, -0.25) is 4.79 Å². The van der Waals surface area contributed by atoms with Gasteiger partial charge in [-0.2, -0.15) is 0 Å². The molecule has 0 radical (unpaired) electrons. The van der Waals surface area contributed by atoms with Gasteiger partial charge in [0.15, 0.2) is 0 Å². The number of rotatable bonds is 3. The lowest BCUT2D eigenvalue weighted by Crippen LogP contribution is -2.31. The van der Waals surface area contributed by atoms with E-state index in [9.17, 15) is 4.79 Å². The Hall–Kier alpha value is -0.570. The smallest absolute Gasteiger partial charge is 0.220 e. The van der Waals surface area contributed by atoms with Crippen molar-refractivity contribution < 1.29 is 4.79 Å². The van der Waals surface area contributed by atoms with Gasteiger partial charge < -0.3 is 10.6 Å². The average molecular weight is 184 g/mol. The van der Waals surface area contributed by atoms with E-state index in [1.807, 2.05) is 0 Å². The first-order valence-corrected chi connectivity index (χ1v) is 4.95. The Morgan fingerprint density at radius 1 is 1.54 bits per heavy atom. The zero-order chi connectivity index (χ0) is 9.90. The minimum atomic E-state index is 0.197. The molecule has 0 spiro atoms. The van der Waals surface area contributed by atoms with Crippen LogP contribution in [0.15, 0.2) is 0 Å². The third-order valence-electron chi connectivity index (χ3n) is 2.15. The summed E-state index contributed by atoms with van der Waals surface area (Å²) in [4.78, 5) is 10.9. The van der Waals surface area contributed by atoms with E-state index in [0.717, 1.165) is 19.6 Å². The minimum absolute atomic E-state index is 0.197. The van der Waals surface area contributed by atoms with Gasteiger partial charge in [0, 0.05) is 26.1 Å². The molecule has 0 aromatic rings. The second-order valence-electron chi connectivity index (χ2n) is 5.07. The zero-order valence-corrected chi connectivity index (χ0v) is 8.81. The van der Waals surface area contributed by atoms with Crippen LogP contribution in [0.25, 0.3) is 0 Å². The number of carbonyl (C=O) groups is 1. The summed E-state index contributed by atoms with van der Waals surface area (Å²) in [7, 11) is 0. The van der Waals surface area contributed by atoms with Crippen molar-refractivity contribution in [3.8, 4) is 0 Å². The summed E-state index contributed by atoms with van der Waals surface area (Å²) in [6, 6.07) is 0. The average Bonchev–Trinajstić information content (AvgIpc) is 2.33. The summed E-state index contributed by atoms with van der Waals surface area (Å²) in [5.41, 5.74) is 0.329. The van der Waals surface area contributed by atoms with Gasteiger partial charge >= 0.3 is 0 Å². The summed E-state index contributed by atoms with van der Waals surface area (Å²) in [5.74, 6) is 0.692. The van der Waals surface area contributed by atoms with Gasteiger partial charge in [0.25, 0.3) is 0 Å². The molecule has 1 heterocycles. The molecule has 2 N–H and O–H groups in total. The molecule has 1 aliphatic rings. The number of carbonyl (C=O) groups excluding carboxylic acids is 1. The number of nitrogens with one attached hydrogen (secondary N) is 2. The highest BCUT2D eigenvalue weighted by Gasteiger charge is 2.21. The molecule has 1 aliphatic heterocycles. The maximum absolute atomic E-state index is 10.9. The normalized spacial score (nSPS) is 23.3. The van der Waals surface area contributed by atoms with Crippen molar-refractivity contribution in [2.24, 2.45) is 11.3 Å². The molecule has 1 amide bonds. The third kappa shape index (κ3) is 4.27. The van der Waals surface area contributed by atoms with Crippen LogP contribution in [-0.4, -0.2) is 25.5 Å². The molecule has 1 rings (SSSR count). The first-order valence-electron chi connectivity index (χ1n) is 4.95. The summed E-state index contributed by atoms with van der Waals surface area (Å²) >= 11 is 0. The molecule has 0 aliphatic carbocycles. The topological polar surface area (TPSA) is 41.1 Å². The van der Waals surface area contributed by atoms with Crippen molar-refractivity contribution in [3.05, 3.63) is 0 Å². The van der Waals surface area contributed by atoms with Gasteiger partial charge in [0.2, 0.25) is 5.91 Å². The standard InChI is InChI=1S/C10H20N2O/c1-10(2,3)7-11-5-8-4-9(13)12-6-8/h8,11H,4-7H2,1-3H3,(H,12,13). The predicted molar refractivity (Wildman–Crippen MR) is 53.4 cm³/mol. The van der Waals surface area contributed by atoms with Gasteiger partial charge in [-0.15, -0.1) is 0 Å². The molecule has 1 fully saturated rings. The molecule has 76 valence electrons. The van der Waals surface area contributed by atoms with Crippen molar-refractivity contribution in [1.29, 1.82) is 0 Å². The van der Waals surface area contributed by atoms with Crippen molar-refractivity contribution in [2.45, 2.75) is 27.2 Å². The van der Waals surface area contributed by atoms with E-state index < -0.39 is 0 Å². The van der Waals surface area contributed by atoms with E-state index in [1.165, 1.54) is 0 Å². The Kier molecular flexibility index (Phi) is 3.31. The summed E-state index contributed by atoms with van der Waals surface area (Å²) < 4.78 is 0. The van der Waals surface area contributed by atoms with Crippen LogP contribution < -0.4 is 10.6 Å². The second kappa shape index (κ2) is 4.09. The van der Waals surface area contributed by atoms with Crippen molar-refractivity contribution in [1.82, 2.24) is 10.6 Å². The first-order chi connectivity index (χ1) is 5.97. The third-order valence-corrected chi connectivity index (χ3v) is 2.15. The maximum atomic E-state index is 10.9. The monoisotopic (exact) mass is 184 g/mol. The summed E-state index contributed by atoms with van der Waals surface area (Å²) in [5, 5.41) is 6.23. The van der Waals surface area contributed by atoms with E-state index in [2.05, 4.69) is 31.4 Å². The Balaban J connectivity index is 2.10. The summed E-state index contributed by atoms with van der Waals surface area (Å²) in [6.45, 7) is 9.43. The Morgan fingerprint density at radius 3 is 2.69 bits per heavy atom. The largest absolute Gasteiger partial charge is 0.356 e. The van der Waals surface area contributed by atoms with Crippen LogP contribution in [-0.2, 0) is 4.79 Å². The number of amides is 1. The number of hydrogen-bond acceptors (Lipinski definition) is 2. The van der Waals surface area contributed by atoms with Gasteiger partial charge in [0.1, 0.15) is 0 Å². The molecular formula is C10H20N2O. The van der Waals surface area contributed by atoms with E-state index in [1.54, 1.807) is 0 Å². The van der Waals surface area contributed by atoms with Crippen molar-refractivity contribution in [3.63, 3.8) is 0 Å². The van der Waals surface area contributed by atoms with Crippen LogP contribution in [0.3, 0.4) is 0 Å². The predicted octanol–water partition coefficient (Wildman–Crippen LogP) is 0.758. The van der Waals surface area contributed by atoms with E-state index in [-0.39, 0.29) is 5.91 Å². The van der Waals surface area contributed by atoms with Gasteiger partial charge in [-0.1, -0.05) is 20.8 Å². The molecule has 0 bridgehead atoms. The van der Waals surface area contributed by atoms with Crippen LogP contribution in [0.1, 0.15) is 27.2 Å². The molecule has 0 aromatic heterocycles. The first kappa shape index (κ1) is 10.5. The minimum Gasteiger partial charge on any atom is -0.356 e.